The molecular formula is C12H9BrN6S. The number of benzene rings is 1. The topological polar surface area (TPSA) is 82.5 Å². The Kier molecular flexibility index (Phi) is 3.66. The van der Waals surface area contributed by atoms with Crippen molar-refractivity contribution in [2.45, 2.75) is 10.1 Å². The van der Waals surface area contributed by atoms with Crippen molar-refractivity contribution in [2.24, 2.45) is 0 Å². The van der Waals surface area contributed by atoms with Gasteiger partial charge in [0.2, 0.25) is 5.95 Å². The Hall–Kier alpha value is -1.93. The van der Waals surface area contributed by atoms with Gasteiger partial charge in [-0.3, -0.25) is 0 Å². The van der Waals surface area contributed by atoms with Crippen molar-refractivity contribution in [1.29, 1.82) is 0 Å². The minimum atomic E-state index is 0.167. The molecule has 0 amide bonds. The molecule has 0 aliphatic heterocycles. The summed E-state index contributed by atoms with van der Waals surface area (Å²) in [5, 5.41) is 4.61. The Labute approximate surface area is 127 Å². The standard InChI is InChI=1S/C12H9BrN6S/c13-8-4-1-2-5-9(8)20-12-17-10(14)16-11(18-12)19-7-3-6-15-19/h1-7H,(H2,14,16,17,18). The first kappa shape index (κ1) is 13.1. The van der Waals surface area contributed by atoms with Gasteiger partial charge >= 0.3 is 0 Å². The Morgan fingerprint density at radius 3 is 2.70 bits per heavy atom. The number of hydrogen-bond donors (Lipinski definition) is 1. The van der Waals surface area contributed by atoms with Crippen LogP contribution < -0.4 is 5.73 Å². The van der Waals surface area contributed by atoms with Crippen LogP contribution in [0.15, 0.2) is 57.3 Å². The zero-order chi connectivity index (χ0) is 13.9. The summed E-state index contributed by atoms with van der Waals surface area (Å²) in [5.41, 5.74) is 5.73. The van der Waals surface area contributed by atoms with Crippen LogP contribution in [0.1, 0.15) is 0 Å². The molecule has 0 saturated carbocycles. The van der Waals surface area contributed by atoms with Gasteiger partial charge in [-0.05, 0) is 45.9 Å². The number of aromatic nitrogens is 5. The van der Waals surface area contributed by atoms with Crippen molar-refractivity contribution >= 4 is 33.6 Å². The smallest absolute Gasteiger partial charge is 0.256 e. The van der Waals surface area contributed by atoms with Gasteiger partial charge in [0, 0.05) is 21.8 Å². The summed E-state index contributed by atoms with van der Waals surface area (Å²) in [5.74, 6) is 0.567. The maximum absolute atomic E-state index is 5.73. The van der Waals surface area contributed by atoms with Gasteiger partial charge in [0.1, 0.15) is 0 Å². The lowest BCUT2D eigenvalue weighted by Crippen LogP contribution is -2.07. The van der Waals surface area contributed by atoms with Crippen LogP contribution >= 0.6 is 27.7 Å². The Bertz CT molecular complexity index is 731. The van der Waals surface area contributed by atoms with E-state index in [1.165, 1.54) is 11.8 Å². The molecule has 0 atom stereocenters. The van der Waals surface area contributed by atoms with Crippen LogP contribution in [0.3, 0.4) is 0 Å². The fourth-order valence-electron chi connectivity index (χ4n) is 1.52. The van der Waals surface area contributed by atoms with Crippen molar-refractivity contribution in [3.05, 3.63) is 47.2 Å². The van der Waals surface area contributed by atoms with Gasteiger partial charge in [-0.25, -0.2) is 4.68 Å². The van der Waals surface area contributed by atoms with Gasteiger partial charge in [0.25, 0.3) is 5.95 Å². The van der Waals surface area contributed by atoms with Gasteiger partial charge in [-0.1, -0.05) is 12.1 Å². The summed E-state index contributed by atoms with van der Waals surface area (Å²) in [7, 11) is 0. The van der Waals surface area contributed by atoms with Crippen LogP contribution in [0.25, 0.3) is 5.95 Å². The minimum Gasteiger partial charge on any atom is -0.368 e. The number of anilines is 1. The molecule has 1 aromatic carbocycles. The maximum Gasteiger partial charge on any atom is 0.256 e. The summed E-state index contributed by atoms with van der Waals surface area (Å²) in [6.45, 7) is 0. The van der Waals surface area contributed by atoms with Crippen molar-refractivity contribution < 1.29 is 0 Å². The lowest BCUT2D eigenvalue weighted by atomic mass is 10.4. The highest BCUT2D eigenvalue weighted by atomic mass is 79.9. The molecule has 6 nitrogen and oxygen atoms in total. The molecule has 20 heavy (non-hydrogen) atoms. The predicted molar refractivity (Wildman–Crippen MR) is 79.6 cm³/mol. The molecule has 2 heterocycles. The predicted octanol–water partition coefficient (Wildman–Crippen LogP) is 2.55. The summed E-state index contributed by atoms with van der Waals surface area (Å²) >= 11 is 4.90. The summed E-state index contributed by atoms with van der Waals surface area (Å²) < 4.78 is 2.52. The van der Waals surface area contributed by atoms with Gasteiger partial charge < -0.3 is 5.73 Å². The monoisotopic (exact) mass is 348 g/mol. The molecule has 0 unspecified atom stereocenters. The van der Waals surface area contributed by atoms with Crippen LogP contribution in [0.5, 0.6) is 0 Å². The molecule has 0 radical (unpaired) electrons. The molecule has 3 rings (SSSR count). The average Bonchev–Trinajstić information content (AvgIpc) is 2.95. The number of halogens is 1. The average molecular weight is 349 g/mol. The Morgan fingerprint density at radius 2 is 1.95 bits per heavy atom. The van der Waals surface area contributed by atoms with E-state index >= 15 is 0 Å². The molecule has 2 N–H and O–H groups in total. The lowest BCUT2D eigenvalue weighted by molar-refractivity contribution is 0.764. The molecule has 0 spiro atoms. The molecule has 100 valence electrons. The molecular weight excluding hydrogens is 340 g/mol. The first-order valence-electron chi connectivity index (χ1n) is 5.66. The van der Waals surface area contributed by atoms with Crippen LogP contribution in [-0.2, 0) is 0 Å². The van der Waals surface area contributed by atoms with Crippen LogP contribution in [0.2, 0.25) is 0 Å². The first-order chi connectivity index (χ1) is 9.72. The molecule has 0 bridgehead atoms. The van der Waals surface area contributed by atoms with Crippen LogP contribution in [0, 0.1) is 0 Å². The Balaban J connectivity index is 1.97. The first-order valence-corrected chi connectivity index (χ1v) is 7.27. The third kappa shape index (κ3) is 2.81. The van der Waals surface area contributed by atoms with Crippen LogP contribution in [0.4, 0.5) is 5.95 Å². The lowest BCUT2D eigenvalue weighted by Gasteiger charge is -2.05. The number of nitrogen functional groups attached to an aromatic ring is 1. The number of nitrogens with zero attached hydrogens (tertiary/aromatic N) is 5. The van der Waals surface area contributed by atoms with Crippen molar-refractivity contribution in [2.75, 3.05) is 5.73 Å². The molecule has 2 aromatic heterocycles. The number of hydrogen-bond acceptors (Lipinski definition) is 6. The van der Waals surface area contributed by atoms with E-state index in [0.717, 1.165) is 9.37 Å². The number of rotatable bonds is 3. The third-order valence-electron chi connectivity index (χ3n) is 2.37. The van der Waals surface area contributed by atoms with E-state index in [9.17, 15) is 0 Å². The van der Waals surface area contributed by atoms with E-state index in [1.54, 1.807) is 23.1 Å². The fourth-order valence-corrected chi connectivity index (χ4v) is 2.82. The normalized spacial score (nSPS) is 10.7. The number of nitrogens with two attached hydrogens (primary N) is 1. The van der Waals surface area contributed by atoms with Gasteiger partial charge in [0.15, 0.2) is 5.16 Å². The molecule has 0 aliphatic rings. The fraction of sp³-hybridized carbons (Fsp3) is 0. The molecule has 3 aromatic rings. The Morgan fingerprint density at radius 1 is 1.10 bits per heavy atom. The highest BCUT2D eigenvalue weighted by molar-refractivity contribution is 9.10. The second-order valence-corrected chi connectivity index (χ2v) is 5.62. The van der Waals surface area contributed by atoms with E-state index < -0.39 is 0 Å². The molecule has 0 aliphatic carbocycles. The van der Waals surface area contributed by atoms with Crippen molar-refractivity contribution in [3.8, 4) is 5.95 Å². The zero-order valence-corrected chi connectivity index (χ0v) is 12.5. The molecule has 0 fully saturated rings. The van der Waals surface area contributed by atoms with Crippen molar-refractivity contribution in [1.82, 2.24) is 24.7 Å². The summed E-state index contributed by atoms with van der Waals surface area (Å²) in [6, 6.07) is 9.63. The minimum absolute atomic E-state index is 0.167. The SMILES string of the molecule is Nc1nc(Sc2ccccc2Br)nc(-n2cccn2)n1. The largest absolute Gasteiger partial charge is 0.368 e. The van der Waals surface area contributed by atoms with E-state index in [-0.39, 0.29) is 5.95 Å². The van der Waals surface area contributed by atoms with Gasteiger partial charge in [-0.15, -0.1) is 0 Å². The highest BCUT2D eigenvalue weighted by Crippen LogP contribution is 2.31. The van der Waals surface area contributed by atoms with Crippen LogP contribution in [-0.4, -0.2) is 24.7 Å². The third-order valence-corrected chi connectivity index (χ3v) is 4.26. The molecule has 8 heteroatoms. The van der Waals surface area contributed by atoms with E-state index in [1.807, 2.05) is 24.3 Å². The summed E-state index contributed by atoms with van der Waals surface area (Å²) in [4.78, 5) is 13.6. The molecule has 0 saturated heterocycles. The van der Waals surface area contributed by atoms with Crippen molar-refractivity contribution in [3.63, 3.8) is 0 Å². The quantitative estimate of drug-likeness (QED) is 0.783. The van der Waals surface area contributed by atoms with E-state index in [4.69, 9.17) is 5.73 Å². The second-order valence-electron chi connectivity index (χ2n) is 3.76. The zero-order valence-electron chi connectivity index (χ0n) is 10.1. The van der Waals surface area contributed by atoms with E-state index in [2.05, 4.69) is 36.0 Å². The maximum atomic E-state index is 5.73. The van der Waals surface area contributed by atoms with E-state index in [0.29, 0.717) is 11.1 Å². The highest BCUT2D eigenvalue weighted by Gasteiger charge is 2.09. The summed E-state index contributed by atoms with van der Waals surface area (Å²) in [6.07, 6.45) is 3.40. The second kappa shape index (κ2) is 5.59. The van der Waals surface area contributed by atoms with Gasteiger partial charge in [-0.2, -0.15) is 20.1 Å². The van der Waals surface area contributed by atoms with Gasteiger partial charge in [0.05, 0.1) is 0 Å².